The molecule has 29 heavy (non-hydrogen) atoms. The van der Waals surface area contributed by atoms with Crippen LogP contribution in [0.25, 0.3) is 0 Å². The van der Waals surface area contributed by atoms with E-state index in [9.17, 15) is 14.8 Å². The lowest BCUT2D eigenvalue weighted by Crippen LogP contribution is -2.23. The Hall–Kier alpha value is -2.94. The molecular formula is C21H22N4O3S. The number of rotatable bonds is 10. The van der Waals surface area contributed by atoms with Crippen molar-refractivity contribution < 1.29 is 9.90 Å². The highest BCUT2D eigenvalue weighted by Gasteiger charge is 2.09. The van der Waals surface area contributed by atoms with E-state index in [4.69, 9.17) is 0 Å². The summed E-state index contributed by atoms with van der Waals surface area (Å²) in [7, 11) is 0. The van der Waals surface area contributed by atoms with Crippen LogP contribution in [0.3, 0.4) is 0 Å². The largest absolute Gasteiger partial charge is 0.387 e. The molecule has 7 nitrogen and oxygen atoms in total. The third kappa shape index (κ3) is 6.56. The van der Waals surface area contributed by atoms with Gasteiger partial charge in [-0.3, -0.25) is 4.79 Å². The first-order chi connectivity index (χ1) is 14.1. The van der Waals surface area contributed by atoms with Gasteiger partial charge in [0.2, 0.25) is 5.91 Å². The Balaban J connectivity index is 1.39. The first-order valence-electron chi connectivity index (χ1n) is 9.24. The summed E-state index contributed by atoms with van der Waals surface area (Å²) in [5, 5.41) is 20.7. The van der Waals surface area contributed by atoms with Crippen LogP contribution < -0.4 is 10.6 Å². The average Bonchev–Trinajstić information content (AvgIpc) is 3.20. The number of aromatic nitrogens is 1. The molecule has 3 aromatic rings. The number of hydrogen-bond donors (Lipinski definition) is 3. The highest BCUT2D eigenvalue weighted by Crippen LogP contribution is 2.19. The molecule has 1 amide bonds. The molecular weight excluding hydrogens is 388 g/mol. The highest BCUT2D eigenvalue weighted by atomic mass is 32.1. The predicted octanol–water partition coefficient (Wildman–Crippen LogP) is 3.59. The summed E-state index contributed by atoms with van der Waals surface area (Å²) >= 11 is 1.12. The van der Waals surface area contributed by atoms with Crippen molar-refractivity contribution in [1.82, 2.24) is 10.3 Å². The van der Waals surface area contributed by atoms with Crippen molar-refractivity contribution in [2.24, 2.45) is 5.18 Å². The van der Waals surface area contributed by atoms with Crippen LogP contribution in [0.1, 0.15) is 22.9 Å². The molecule has 2 aromatic carbocycles. The number of aliphatic hydroxyl groups excluding tert-OH is 1. The van der Waals surface area contributed by atoms with Gasteiger partial charge in [0.05, 0.1) is 18.2 Å². The van der Waals surface area contributed by atoms with Crippen molar-refractivity contribution in [2.45, 2.75) is 18.9 Å². The van der Waals surface area contributed by atoms with Crippen molar-refractivity contribution in [3.8, 4) is 0 Å². The molecule has 0 radical (unpaired) electrons. The number of benzene rings is 2. The lowest BCUT2D eigenvalue weighted by atomic mass is 10.1. The molecule has 3 N–H and O–H groups in total. The molecule has 3 rings (SSSR count). The van der Waals surface area contributed by atoms with E-state index in [0.717, 1.165) is 35.4 Å². The van der Waals surface area contributed by atoms with E-state index in [1.165, 1.54) is 0 Å². The molecule has 0 aliphatic rings. The first-order valence-corrected chi connectivity index (χ1v) is 10.1. The zero-order valence-electron chi connectivity index (χ0n) is 15.7. The molecule has 0 aliphatic heterocycles. The minimum absolute atomic E-state index is 0.0986. The molecule has 1 heterocycles. The predicted molar refractivity (Wildman–Crippen MR) is 114 cm³/mol. The van der Waals surface area contributed by atoms with Gasteiger partial charge >= 0.3 is 0 Å². The van der Waals surface area contributed by atoms with Crippen molar-refractivity contribution in [3.05, 3.63) is 81.7 Å². The van der Waals surface area contributed by atoms with Gasteiger partial charge in [-0.15, -0.1) is 4.91 Å². The summed E-state index contributed by atoms with van der Waals surface area (Å²) in [5.41, 5.74) is 3.26. The molecule has 1 aromatic heterocycles. The van der Waals surface area contributed by atoms with Crippen LogP contribution in [0.15, 0.2) is 65.2 Å². The Morgan fingerprint density at radius 3 is 2.59 bits per heavy atom. The number of thiazole rings is 1. The molecule has 0 aliphatic carbocycles. The van der Waals surface area contributed by atoms with E-state index in [2.05, 4.69) is 20.8 Å². The maximum absolute atomic E-state index is 12.1. The third-order valence-corrected chi connectivity index (χ3v) is 5.08. The van der Waals surface area contributed by atoms with E-state index >= 15 is 0 Å². The quantitative estimate of drug-likeness (QED) is 0.350. The van der Waals surface area contributed by atoms with Gasteiger partial charge in [0, 0.05) is 22.8 Å². The van der Waals surface area contributed by atoms with Gasteiger partial charge in [0.1, 0.15) is 0 Å². The number of carbonyl (C=O) groups excluding carboxylic acids is 1. The van der Waals surface area contributed by atoms with Crippen LogP contribution in [-0.2, 0) is 17.6 Å². The summed E-state index contributed by atoms with van der Waals surface area (Å²) in [5.74, 6) is -0.197. The number of hydrogen-bond acceptors (Lipinski definition) is 7. The zero-order valence-corrected chi connectivity index (χ0v) is 16.6. The molecule has 0 saturated heterocycles. The summed E-state index contributed by atoms with van der Waals surface area (Å²) in [4.78, 5) is 26.4. The topological polar surface area (TPSA) is 104 Å². The van der Waals surface area contributed by atoms with Crippen molar-refractivity contribution in [1.29, 1.82) is 0 Å². The fourth-order valence-electron chi connectivity index (χ4n) is 2.81. The number of anilines is 1. The van der Waals surface area contributed by atoms with Gasteiger partial charge in [-0.05, 0) is 36.2 Å². The number of nitrogens with zero attached hydrogens (tertiary/aromatic N) is 2. The van der Waals surface area contributed by atoms with Crippen LogP contribution in [0.5, 0.6) is 0 Å². The van der Waals surface area contributed by atoms with Gasteiger partial charge in [0.15, 0.2) is 0 Å². The number of aliphatic hydroxyl groups is 1. The van der Waals surface area contributed by atoms with Gasteiger partial charge in [-0.25, -0.2) is 4.98 Å². The van der Waals surface area contributed by atoms with Gasteiger partial charge in [-0.2, -0.15) is 0 Å². The molecule has 0 fully saturated rings. The van der Waals surface area contributed by atoms with Gasteiger partial charge in [0.25, 0.3) is 5.13 Å². The van der Waals surface area contributed by atoms with E-state index < -0.39 is 6.10 Å². The van der Waals surface area contributed by atoms with Crippen molar-refractivity contribution >= 4 is 28.1 Å². The number of nitrogens with one attached hydrogen (secondary N) is 2. The standard InChI is InChI=1S/C21H22N4O3S/c26-19(16-4-2-1-3-5-16)13-22-11-10-15-6-8-17(9-7-15)23-20(27)12-18-14-29-21(24-18)25-28/h1-9,14,19,22,26H,10-13H2,(H,23,27)/t19-/m1/s1. The summed E-state index contributed by atoms with van der Waals surface area (Å²) in [6.45, 7) is 1.24. The van der Waals surface area contributed by atoms with Crippen LogP contribution in [-0.4, -0.2) is 29.1 Å². The van der Waals surface area contributed by atoms with E-state index in [1.54, 1.807) is 5.38 Å². The molecule has 8 heteroatoms. The lowest BCUT2D eigenvalue weighted by Gasteiger charge is -2.12. The Morgan fingerprint density at radius 2 is 1.90 bits per heavy atom. The van der Waals surface area contributed by atoms with E-state index in [-0.39, 0.29) is 17.5 Å². The number of amides is 1. The molecule has 0 spiro atoms. The molecule has 0 unspecified atom stereocenters. The minimum atomic E-state index is -0.523. The summed E-state index contributed by atoms with van der Waals surface area (Å²) in [6.07, 6.45) is 0.391. The third-order valence-electron chi connectivity index (χ3n) is 4.31. The Bertz CT molecular complexity index is 929. The van der Waals surface area contributed by atoms with Crippen molar-refractivity contribution in [3.63, 3.8) is 0 Å². The number of carbonyl (C=O) groups is 1. The second-order valence-electron chi connectivity index (χ2n) is 6.52. The molecule has 0 bridgehead atoms. The second kappa shape index (κ2) is 10.6. The molecule has 1 atom stereocenters. The SMILES string of the molecule is O=Nc1nc(CC(=O)Nc2ccc(CCNC[C@@H](O)c3ccccc3)cc2)cs1. The maximum atomic E-state index is 12.1. The first kappa shape index (κ1) is 20.8. The molecule has 0 saturated carbocycles. The zero-order chi connectivity index (χ0) is 20.5. The monoisotopic (exact) mass is 410 g/mol. The minimum Gasteiger partial charge on any atom is -0.387 e. The van der Waals surface area contributed by atoms with E-state index in [0.29, 0.717) is 17.9 Å². The fraction of sp³-hybridized carbons (Fsp3) is 0.238. The smallest absolute Gasteiger partial charge is 0.252 e. The fourth-order valence-corrected chi connectivity index (χ4v) is 3.40. The molecule has 150 valence electrons. The van der Waals surface area contributed by atoms with Crippen LogP contribution in [0.4, 0.5) is 10.8 Å². The Kier molecular flexibility index (Phi) is 7.57. The summed E-state index contributed by atoms with van der Waals surface area (Å²) < 4.78 is 0. The van der Waals surface area contributed by atoms with Crippen LogP contribution >= 0.6 is 11.3 Å². The average molecular weight is 410 g/mol. The van der Waals surface area contributed by atoms with Gasteiger partial charge < -0.3 is 15.7 Å². The normalized spacial score (nSPS) is 11.8. The van der Waals surface area contributed by atoms with Gasteiger partial charge in [-0.1, -0.05) is 53.8 Å². The number of nitroso groups, excluding NO2 is 1. The Morgan fingerprint density at radius 1 is 1.14 bits per heavy atom. The highest BCUT2D eigenvalue weighted by molar-refractivity contribution is 7.13. The van der Waals surface area contributed by atoms with Crippen LogP contribution in [0.2, 0.25) is 0 Å². The van der Waals surface area contributed by atoms with E-state index in [1.807, 2.05) is 54.6 Å². The van der Waals surface area contributed by atoms with Crippen LogP contribution in [0, 0.1) is 4.91 Å². The lowest BCUT2D eigenvalue weighted by molar-refractivity contribution is -0.115. The van der Waals surface area contributed by atoms with Crippen molar-refractivity contribution in [2.75, 3.05) is 18.4 Å². The second-order valence-corrected chi connectivity index (χ2v) is 7.35. The summed E-state index contributed by atoms with van der Waals surface area (Å²) in [6, 6.07) is 17.2. The maximum Gasteiger partial charge on any atom is 0.252 e. The Labute approximate surface area is 172 Å².